The molecule has 1 aliphatic heterocycles. The summed E-state index contributed by atoms with van der Waals surface area (Å²) >= 11 is 0. The zero-order valence-electron chi connectivity index (χ0n) is 16.6. The number of fused-ring (bicyclic) bond motifs is 1. The third kappa shape index (κ3) is 3.66. The molecule has 0 amide bonds. The van der Waals surface area contributed by atoms with Crippen LogP contribution in [0.2, 0.25) is 0 Å². The number of aromatic nitrogens is 2. The highest BCUT2D eigenvalue weighted by atomic mass is 16.5. The van der Waals surface area contributed by atoms with Crippen molar-refractivity contribution >= 4 is 17.5 Å². The standard InChI is InChI=1S/C23H23N3O3/c1-3-20-19-12-13-26(17-10-8-15(9-11-17)23(27)28)22(19)25-21(24-20)16-6-5-7-18(14-16)29-4-2/h5-11,14H,3-4,12-13H2,1-2H3,(H,27,28). The highest BCUT2D eigenvalue weighted by molar-refractivity contribution is 5.88. The average molecular weight is 389 g/mol. The van der Waals surface area contributed by atoms with Gasteiger partial charge in [0.15, 0.2) is 5.82 Å². The maximum Gasteiger partial charge on any atom is 0.335 e. The molecule has 2 heterocycles. The smallest absolute Gasteiger partial charge is 0.335 e. The lowest BCUT2D eigenvalue weighted by molar-refractivity contribution is 0.0697. The van der Waals surface area contributed by atoms with E-state index >= 15 is 0 Å². The molecule has 29 heavy (non-hydrogen) atoms. The monoisotopic (exact) mass is 389 g/mol. The Balaban J connectivity index is 1.76. The molecular formula is C23H23N3O3. The highest BCUT2D eigenvalue weighted by Crippen LogP contribution is 2.36. The maximum atomic E-state index is 11.1. The van der Waals surface area contributed by atoms with Gasteiger partial charge in [0.05, 0.1) is 12.2 Å². The van der Waals surface area contributed by atoms with Crippen molar-refractivity contribution in [2.75, 3.05) is 18.1 Å². The molecule has 1 aliphatic rings. The summed E-state index contributed by atoms with van der Waals surface area (Å²) in [6, 6.07) is 14.8. The van der Waals surface area contributed by atoms with Crippen molar-refractivity contribution in [1.29, 1.82) is 0 Å². The lowest BCUT2D eigenvalue weighted by Gasteiger charge is -2.20. The van der Waals surface area contributed by atoms with Crippen molar-refractivity contribution in [2.24, 2.45) is 0 Å². The van der Waals surface area contributed by atoms with E-state index in [-0.39, 0.29) is 5.56 Å². The number of nitrogens with zero attached hydrogens (tertiary/aromatic N) is 3. The van der Waals surface area contributed by atoms with Crippen LogP contribution in [0.4, 0.5) is 11.5 Å². The van der Waals surface area contributed by atoms with Crippen molar-refractivity contribution in [3.63, 3.8) is 0 Å². The van der Waals surface area contributed by atoms with Crippen LogP contribution >= 0.6 is 0 Å². The summed E-state index contributed by atoms with van der Waals surface area (Å²) in [4.78, 5) is 23.0. The van der Waals surface area contributed by atoms with Crippen LogP contribution in [0.1, 0.15) is 35.5 Å². The Bertz CT molecular complexity index is 1050. The van der Waals surface area contributed by atoms with Gasteiger partial charge < -0.3 is 14.7 Å². The lowest BCUT2D eigenvalue weighted by atomic mass is 10.1. The summed E-state index contributed by atoms with van der Waals surface area (Å²) in [5, 5.41) is 9.15. The second-order valence-electron chi connectivity index (χ2n) is 6.86. The number of carboxylic acids is 1. The number of aryl methyl sites for hydroxylation is 1. The first-order valence-electron chi connectivity index (χ1n) is 9.84. The minimum absolute atomic E-state index is 0.276. The molecule has 1 N–H and O–H groups in total. The normalized spacial score (nSPS) is 12.7. The van der Waals surface area contributed by atoms with E-state index in [1.807, 2.05) is 43.3 Å². The third-order valence-electron chi connectivity index (χ3n) is 5.08. The van der Waals surface area contributed by atoms with Crippen LogP contribution in [0, 0.1) is 0 Å². The van der Waals surface area contributed by atoms with Crippen LogP contribution < -0.4 is 9.64 Å². The molecule has 0 atom stereocenters. The van der Waals surface area contributed by atoms with E-state index in [4.69, 9.17) is 19.8 Å². The van der Waals surface area contributed by atoms with Crippen molar-refractivity contribution in [1.82, 2.24) is 9.97 Å². The van der Waals surface area contributed by atoms with Crippen molar-refractivity contribution < 1.29 is 14.6 Å². The van der Waals surface area contributed by atoms with Gasteiger partial charge in [-0.2, -0.15) is 0 Å². The Morgan fingerprint density at radius 3 is 2.62 bits per heavy atom. The quantitative estimate of drug-likeness (QED) is 0.669. The van der Waals surface area contributed by atoms with Gasteiger partial charge in [-0.15, -0.1) is 0 Å². The molecule has 0 fully saturated rings. The number of anilines is 2. The number of carbonyl (C=O) groups is 1. The first kappa shape index (κ1) is 18.9. The largest absolute Gasteiger partial charge is 0.494 e. The van der Waals surface area contributed by atoms with E-state index in [0.29, 0.717) is 12.4 Å². The number of hydrogen-bond acceptors (Lipinski definition) is 5. The van der Waals surface area contributed by atoms with Gasteiger partial charge in [0, 0.05) is 29.1 Å². The second-order valence-corrected chi connectivity index (χ2v) is 6.86. The Labute approximate surface area is 169 Å². The van der Waals surface area contributed by atoms with Gasteiger partial charge in [-0.05, 0) is 56.2 Å². The van der Waals surface area contributed by atoms with Crippen molar-refractivity contribution in [3.8, 4) is 17.1 Å². The van der Waals surface area contributed by atoms with E-state index in [1.165, 1.54) is 5.56 Å². The molecule has 0 bridgehead atoms. The maximum absolute atomic E-state index is 11.1. The molecule has 0 spiro atoms. The van der Waals surface area contributed by atoms with Crippen LogP contribution in [0.15, 0.2) is 48.5 Å². The minimum Gasteiger partial charge on any atom is -0.494 e. The molecule has 0 saturated heterocycles. The zero-order chi connectivity index (χ0) is 20.4. The molecule has 2 aromatic carbocycles. The number of aromatic carboxylic acids is 1. The summed E-state index contributed by atoms with van der Waals surface area (Å²) in [5.74, 6) is 1.45. The van der Waals surface area contributed by atoms with Gasteiger partial charge in [-0.1, -0.05) is 19.1 Å². The fourth-order valence-corrected chi connectivity index (χ4v) is 3.67. The third-order valence-corrected chi connectivity index (χ3v) is 5.08. The molecule has 0 radical (unpaired) electrons. The van der Waals surface area contributed by atoms with Gasteiger partial charge >= 0.3 is 5.97 Å². The average Bonchev–Trinajstić information content (AvgIpc) is 3.17. The van der Waals surface area contributed by atoms with E-state index < -0.39 is 5.97 Å². The topological polar surface area (TPSA) is 75.6 Å². The Kier molecular flexibility index (Phi) is 5.16. The highest BCUT2D eigenvalue weighted by Gasteiger charge is 2.26. The number of ether oxygens (including phenoxy) is 1. The van der Waals surface area contributed by atoms with E-state index in [1.54, 1.807) is 12.1 Å². The summed E-state index contributed by atoms with van der Waals surface area (Å²) in [6.07, 6.45) is 1.70. The molecule has 0 unspecified atom stereocenters. The fourth-order valence-electron chi connectivity index (χ4n) is 3.67. The molecule has 0 aliphatic carbocycles. The fraction of sp³-hybridized carbons (Fsp3) is 0.261. The lowest BCUT2D eigenvalue weighted by Crippen LogP contribution is -2.15. The van der Waals surface area contributed by atoms with E-state index in [9.17, 15) is 4.79 Å². The summed E-state index contributed by atoms with van der Waals surface area (Å²) in [7, 11) is 0. The van der Waals surface area contributed by atoms with Crippen LogP contribution in [-0.4, -0.2) is 34.2 Å². The molecule has 1 aromatic heterocycles. The van der Waals surface area contributed by atoms with Gasteiger partial charge in [-0.25, -0.2) is 14.8 Å². The van der Waals surface area contributed by atoms with E-state index in [0.717, 1.165) is 47.9 Å². The van der Waals surface area contributed by atoms with Gasteiger partial charge in [0.2, 0.25) is 0 Å². The van der Waals surface area contributed by atoms with Crippen LogP contribution in [0.5, 0.6) is 5.75 Å². The molecule has 3 aromatic rings. The number of rotatable bonds is 6. The predicted octanol–water partition coefficient (Wildman–Crippen LogP) is 4.50. The number of benzene rings is 2. The van der Waals surface area contributed by atoms with Crippen LogP contribution in [0.25, 0.3) is 11.4 Å². The number of hydrogen-bond donors (Lipinski definition) is 1. The molecule has 0 saturated carbocycles. The van der Waals surface area contributed by atoms with Gasteiger partial charge in [0.25, 0.3) is 0 Å². The Morgan fingerprint density at radius 2 is 1.93 bits per heavy atom. The van der Waals surface area contributed by atoms with Crippen molar-refractivity contribution in [2.45, 2.75) is 26.7 Å². The molecule has 6 nitrogen and oxygen atoms in total. The predicted molar refractivity (Wildman–Crippen MR) is 112 cm³/mol. The number of carboxylic acid groups (broad SMARTS) is 1. The molecule has 4 rings (SSSR count). The van der Waals surface area contributed by atoms with Gasteiger partial charge in [0.1, 0.15) is 11.6 Å². The van der Waals surface area contributed by atoms with Crippen LogP contribution in [-0.2, 0) is 12.8 Å². The molecule has 6 heteroatoms. The first-order chi connectivity index (χ1) is 14.1. The Hall–Kier alpha value is -3.41. The molecular weight excluding hydrogens is 366 g/mol. The van der Waals surface area contributed by atoms with Gasteiger partial charge in [-0.3, -0.25) is 0 Å². The summed E-state index contributed by atoms with van der Waals surface area (Å²) < 4.78 is 5.62. The van der Waals surface area contributed by atoms with E-state index in [2.05, 4.69) is 11.8 Å². The summed E-state index contributed by atoms with van der Waals surface area (Å²) in [6.45, 7) is 5.47. The zero-order valence-corrected chi connectivity index (χ0v) is 16.6. The summed E-state index contributed by atoms with van der Waals surface area (Å²) in [5.41, 5.74) is 4.35. The second kappa shape index (κ2) is 7.91. The SMILES string of the molecule is CCOc1cccc(-c2nc(CC)c3c(n2)N(c2ccc(C(=O)O)cc2)CC3)c1. The van der Waals surface area contributed by atoms with Crippen LogP contribution in [0.3, 0.4) is 0 Å². The molecule has 148 valence electrons. The first-order valence-corrected chi connectivity index (χ1v) is 9.84. The Morgan fingerprint density at radius 1 is 1.14 bits per heavy atom. The minimum atomic E-state index is -0.926. The van der Waals surface area contributed by atoms with Crippen molar-refractivity contribution in [3.05, 3.63) is 65.4 Å².